The molecule has 3 rings (SSSR count). The van der Waals surface area contributed by atoms with Gasteiger partial charge in [0.05, 0.1) is 4.90 Å². The van der Waals surface area contributed by atoms with Gasteiger partial charge in [0.1, 0.15) is 5.82 Å². The van der Waals surface area contributed by atoms with E-state index in [1.807, 2.05) is 0 Å². The van der Waals surface area contributed by atoms with Crippen LogP contribution in [0.5, 0.6) is 0 Å². The molecule has 1 N–H and O–H groups in total. The summed E-state index contributed by atoms with van der Waals surface area (Å²) >= 11 is 5.85. The number of nitrogens with zero attached hydrogens (tertiary/aromatic N) is 1. The molecule has 0 amide bonds. The molecule has 25 heavy (non-hydrogen) atoms. The zero-order valence-corrected chi connectivity index (χ0v) is 15.2. The Morgan fingerprint density at radius 3 is 2.48 bits per heavy atom. The zero-order chi connectivity index (χ0) is 17.9. The molecule has 0 spiro atoms. The molecule has 2 aromatic rings. The highest BCUT2D eigenvalue weighted by Crippen LogP contribution is 2.21. The molecule has 1 atom stereocenters. The van der Waals surface area contributed by atoms with E-state index in [9.17, 15) is 12.8 Å². The first-order valence-corrected chi connectivity index (χ1v) is 9.98. The Morgan fingerprint density at radius 1 is 1.12 bits per heavy atom. The van der Waals surface area contributed by atoms with Crippen LogP contribution >= 0.6 is 11.6 Å². The maximum atomic E-state index is 13.1. The van der Waals surface area contributed by atoms with Gasteiger partial charge in [-0.2, -0.15) is 4.31 Å². The fourth-order valence-electron chi connectivity index (χ4n) is 3.02. The first-order valence-electron chi connectivity index (χ1n) is 8.16. The highest BCUT2D eigenvalue weighted by Gasteiger charge is 2.28. The van der Waals surface area contributed by atoms with Crippen molar-refractivity contribution in [1.29, 1.82) is 0 Å². The van der Waals surface area contributed by atoms with Crippen LogP contribution in [0.4, 0.5) is 4.39 Å². The predicted molar refractivity (Wildman–Crippen MR) is 96.7 cm³/mol. The Balaban J connectivity index is 1.76. The van der Waals surface area contributed by atoms with Crippen molar-refractivity contribution in [3.8, 4) is 0 Å². The number of nitrogens with one attached hydrogen (secondary N) is 1. The Morgan fingerprint density at radius 2 is 1.80 bits per heavy atom. The number of hydrogen-bond donors (Lipinski definition) is 1. The van der Waals surface area contributed by atoms with Gasteiger partial charge in [-0.05, 0) is 60.8 Å². The molecule has 1 fully saturated rings. The van der Waals surface area contributed by atoms with E-state index in [-0.39, 0.29) is 16.6 Å². The quantitative estimate of drug-likeness (QED) is 0.884. The zero-order valence-electron chi connectivity index (χ0n) is 13.7. The molecule has 0 aliphatic carbocycles. The first kappa shape index (κ1) is 18.3. The van der Waals surface area contributed by atoms with E-state index >= 15 is 0 Å². The van der Waals surface area contributed by atoms with Gasteiger partial charge in [0, 0.05) is 24.7 Å². The molecule has 0 saturated carbocycles. The lowest BCUT2D eigenvalue weighted by atomic mass is 9.99. The van der Waals surface area contributed by atoms with Crippen LogP contribution in [0.1, 0.15) is 5.56 Å². The van der Waals surface area contributed by atoms with E-state index in [0.29, 0.717) is 31.1 Å². The van der Waals surface area contributed by atoms with Crippen molar-refractivity contribution in [3.05, 3.63) is 64.9 Å². The summed E-state index contributed by atoms with van der Waals surface area (Å²) in [6.07, 6.45) is 0.694. The number of rotatable bonds is 4. The summed E-state index contributed by atoms with van der Waals surface area (Å²) in [5.41, 5.74) is 0.999. The van der Waals surface area contributed by atoms with E-state index in [2.05, 4.69) is 5.32 Å². The second-order valence-electron chi connectivity index (χ2n) is 6.22. The van der Waals surface area contributed by atoms with Crippen molar-refractivity contribution in [1.82, 2.24) is 9.62 Å². The summed E-state index contributed by atoms with van der Waals surface area (Å²) in [5.74, 6) is -0.148. The number of halogens is 2. The summed E-state index contributed by atoms with van der Waals surface area (Å²) in [7, 11) is -3.56. The third-order valence-corrected chi connectivity index (χ3v) is 6.45. The molecule has 4 nitrogen and oxygen atoms in total. The standard InChI is InChI=1S/C18H20ClFN2O2S/c19-16-3-7-18(8-4-16)25(23,24)22-10-9-21-12-15(13-22)11-14-1-5-17(20)6-2-14/h1-8,15,21H,9-13H2. The molecular weight excluding hydrogens is 363 g/mol. The van der Waals surface area contributed by atoms with Crippen LogP contribution in [0.15, 0.2) is 53.4 Å². The average Bonchev–Trinajstić information content (AvgIpc) is 2.83. The van der Waals surface area contributed by atoms with Crippen molar-refractivity contribution >= 4 is 21.6 Å². The van der Waals surface area contributed by atoms with Crippen molar-refractivity contribution in [2.24, 2.45) is 5.92 Å². The number of benzene rings is 2. The van der Waals surface area contributed by atoms with Gasteiger partial charge < -0.3 is 5.32 Å². The number of hydrogen-bond acceptors (Lipinski definition) is 3. The molecule has 2 aromatic carbocycles. The minimum atomic E-state index is -3.56. The van der Waals surface area contributed by atoms with E-state index < -0.39 is 10.0 Å². The van der Waals surface area contributed by atoms with Crippen LogP contribution in [-0.2, 0) is 16.4 Å². The van der Waals surface area contributed by atoms with Crippen molar-refractivity contribution in [3.63, 3.8) is 0 Å². The van der Waals surface area contributed by atoms with Gasteiger partial charge in [0.2, 0.25) is 10.0 Å². The van der Waals surface area contributed by atoms with Crippen molar-refractivity contribution in [2.75, 3.05) is 26.2 Å². The summed E-state index contributed by atoms with van der Waals surface area (Å²) in [6.45, 7) is 2.18. The normalized spacial score (nSPS) is 19.5. The summed E-state index contributed by atoms with van der Waals surface area (Å²) in [5, 5.41) is 3.80. The fourth-order valence-corrected chi connectivity index (χ4v) is 4.66. The molecule has 0 aromatic heterocycles. The van der Waals surface area contributed by atoms with Gasteiger partial charge >= 0.3 is 0 Å². The van der Waals surface area contributed by atoms with E-state index in [4.69, 9.17) is 11.6 Å². The maximum absolute atomic E-state index is 13.1. The van der Waals surface area contributed by atoms with Crippen LogP contribution in [-0.4, -0.2) is 38.9 Å². The molecule has 1 heterocycles. The maximum Gasteiger partial charge on any atom is 0.243 e. The van der Waals surface area contributed by atoms with Crippen LogP contribution in [0.25, 0.3) is 0 Å². The van der Waals surface area contributed by atoms with Crippen LogP contribution < -0.4 is 5.32 Å². The molecule has 1 unspecified atom stereocenters. The lowest BCUT2D eigenvalue weighted by molar-refractivity contribution is 0.375. The second kappa shape index (κ2) is 7.83. The summed E-state index contributed by atoms with van der Waals surface area (Å²) in [4.78, 5) is 0.249. The molecule has 0 bridgehead atoms. The van der Waals surface area contributed by atoms with Gasteiger partial charge in [-0.15, -0.1) is 0 Å². The molecule has 134 valence electrons. The topological polar surface area (TPSA) is 49.4 Å². The largest absolute Gasteiger partial charge is 0.315 e. The van der Waals surface area contributed by atoms with E-state index in [0.717, 1.165) is 12.1 Å². The van der Waals surface area contributed by atoms with Crippen molar-refractivity contribution < 1.29 is 12.8 Å². The molecule has 1 aliphatic rings. The highest BCUT2D eigenvalue weighted by atomic mass is 35.5. The fraction of sp³-hybridized carbons (Fsp3) is 0.333. The molecule has 0 radical (unpaired) electrons. The first-order chi connectivity index (χ1) is 11.9. The minimum absolute atomic E-state index is 0.120. The lowest BCUT2D eigenvalue weighted by Crippen LogP contribution is -2.36. The highest BCUT2D eigenvalue weighted by molar-refractivity contribution is 7.89. The molecule has 7 heteroatoms. The minimum Gasteiger partial charge on any atom is -0.315 e. The lowest BCUT2D eigenvalue weighted by Gasteiger charge is -2.23. The van der Waals surface area contributed by atoms with Crippen LogP contribution in [0.3, 0.4) is 0 Å². The van der Waals surface area contributed by atoms with Gasteiger partial charge in [-0.25, -0.2) is 12.8 Å². The summed E-state index contributed by atoms with van der Waals surface area (Å²) < 4.78 is 40.4. The van der Waals surface area contributed by atoms with Crippen LogP contribution in [0, 0.1) is 11.7 Å². The van der Waals surface area contributed by atoms with Gasteiger partial charge in [0.15, 0.2) is 0 Å². The van der Waals surface area contributed by atoms with Gasteiger partial charge in [-0.1, -0.05) is 23.7 Å². The van der Waals surface area contributed by atoms with Gasteiger partial charge in [-0.3, -0.25) is 0 Å². The van der Waals surface area contributed by atoms with Crippen LogP contribution in [0.2, 0.25) is 5.02 Å². The average molecular weight is 383 g/mol. The second-order valence-corrected chi connectivity index (χ2v) is 8.59. The Bertz CT molecular complexity index is 810. The molecule has 1 aliphatic heterocycles. The Kier molecular flexibility index (Phi) is 5.74. The Labute approximate surface area is 152 Å². The predicted octanol–water partition coefficient (Wildman–Crippen LogP) is 2.93. The SMILES string of the molecule is O=S(=O)(c1ccc(Cl)cc1)N1CCNCC(Cc2ccc(F)cc2)C1. The summed E-state index contributed by atoms with van der Waals surface area (Å²) in [6, 6.07) is 12.6. The number of sulfonamides is 1. The molecule has 1 saturated heterocycles. The third kappa shape index (κ3) is 4.58. The van der Waals surface area contributed by atoms with Crippen molar-refractivity contribution in [2.45, 2.75) is 11.3 Å². The Hall–Kier alpha value is -1.47. The molecular formula is C18H20ClFN2O2S. The van der Waals surface area contributed by atoms with E-state index in [1.165, 1.54) is 28.6 Å². The monoisotopic (exact) mass is 382 g/mol. The third-order valence-electron chi connectivity index (χ3n) is 4.32. The smallest absolute Gasteiger partial charge is 0.243 e. The van der Waals surface area contributed by atoms with E-state index in [1.54, 1.807) is 24.3 Å². The van der Waals surface area contributed by atoms with Gasteiger partial charge in [0.25, 0.3) is 0 Å².